The van der Waals surface area contributed by atoms with Gasteiger partial charge in [-0.15, -0.1) is 0 Å². The molecule has 3 heteroatoms. The Balaban J connectivity index is 2.93. The van der Waals surface area contributed by atoms with E-state index in [-0.39, 0.29) is 0 Å². The predicted octanol–water partition coefficient (Wildman–Crippen LogP) is 3.71. The summed E-state index contributed by atoms with van der Waals surface area (Å²) in [5.41, 5.74) is 0.917. The maximum absolute atomic E-state index is 5.96. The summed E-state index contributed by atoms with van der Waals surface area (Å²) in [6, 6.07) is 9.57. The van der Waals surface area contributed by atoms with Gasteiger partial charge in [-0.05, 0) is 5.56 Å². The summed E-state index contributed by atoms with van der Waals surface area (Å²) in [6.07, 6.45) is 0. The van der Waals surface area contributed by atoms with Gasteiger partial charge in [0.15, 0.2) is 4.33 Å². The topological polar surface area (TPSA) is 0 Å². The van der Waals surface area contributed by atoms with Crippen molar-refractivity contribution in [1.82, 2.24) is 0 Å². The molecule has 0 heterocycles. The van der Waals surface area contributed by atoms with Gasteiger partial charge in [0.25, 0.3) is 0 Å². The Hall–Kier alpha value is 0.280. The first-order chi connectivity index (χ1) is 5.17. The zero-order chi connectivity index (χ0) is 8.32. The Morgan fingerprint density at radius 3 is 2.18 bits per heavy atom. The van der Waals surface area contributed by atoms with E-state index >= 15 is 0 Å². The van der Waals surface area contributed by atoms with E-state index in [1.807, 2.05) is 30.3 Å². The van der Waals surface area contributed by atoms with Crippen molar-refractivity contribution in [3.05, 3.63) is 35.9 Å². The van der Waals surface area contributed by atoms with Crippen molar-refractivity contribution >= 4 is 39.1 Å². The van der Waals surface area contributed by atoms with Crippen molar-refractivity contribution < 1.29 is 0 Å². The molecule has 0 amide bonds. The first-order valence-electron chi connectivity index (χ1n) is 3.16. The van der Waals surface area contributed by atoms with E-state index in [0.717, 1.165) is 5.56 Å². The lowest BCUT2D eigenvalue weighted by atomic mass is 10.2. The molecule has 0 aromatic heterocycles. The lowest BCUT2D eigenvalue weighted by Crippen LogP contribution is -2.10. The largest absolute Gasteiger partial charge is 0.152 e. The maximum atomic E-state index is 5.96. The maximum Gasteiger partial charge on any atom is 0.152 e. The summed E-state index contributed by atoms with van der Waals surface area (Å²) in [4.78, 5) is 0. The lowest BCUT2D eigenvalue weighted by molar-refractivity contribution is 1.00. The summed E-state index contributed by atoms with van der Waals surface area (Å²) >= 11 is 15.2. The molecule has 0 aliphatic carbocycles. The van der Waals surface area contributed by atoms with E-state index < -0.39 is 4.33 Å². The highest BCUT2D eigenvalue weighted by molar-refractivity contribution is 9.09. The molecule has 11 heavy (non-hydrogen) atoms. The highest BCUT2D eigenvalue weighted by atomic mass is 79.9. The van der Waals surface area contributed by atoms with Gasteiger partial charge >= 0.3 is 0 Å². The second-order valence-corrected chi connectivity index (χ2v) is 4.25. The third-order valence-electron chi connectivity index (χ3n) is 1.36. The molecule has 0 bridgehead atoms. The number of benzene rings is 1. The highest BCUT2D eigenvalue weighted by Gasteiger charge is 2.23. The summed E-state index contributed by atoms with van der Waals surface area (Å²) < 4.78 is -0.804. The number of hydrogen-bond donors (Lipinski definition) is 0. The van der Waals surface area contributed by atoms with E-state index in [1.54, 1.807) is 0 Å². The van der Waals surface area contributed by atoms with Gasteiger partial charge in [0.1, 0.15) is 0 Å². The lowest BCUT2D eigenvalue weighted by Gasteiger charge is -2.15. The SMILES string of the molecule is ClC(Cl)(CBr)c1ccccc1. The van der Waals surface area contributed by atoms with Crippen LogP contribution in [0.3, 0.4) is 0 Å². The number of halogens is 3. The van der Waals surface area contributed by atoms with Crippen molar-refractivity contribution in [2.24, 2.45) is 0 Å². The van der Waals surface area contributed by atoms with Gasteiger partial charge in [0, 0.05) is 5.33 Å². The molecule has 0 aliphatic rings. The van der Waals surface area contributed by atoms with E-state index in [2.05, 4.69) is 15.9 Å². The van der Waals surface area contributed by atoms with Crippen LogP contribution in [0.25, 0.3) is 0 Å². The molecule has 1 aromatic carbocycles. The van der Waals surface area contributed by atoms with Gasteiger partial charge in [0.2, 0.25) is 0 Å². The third-order valence-corrected chi connectivity index (χ3v) is 3.55. The van der Waals surface area contributed by atoms with Crippen molar-refractivity contribution in [1.29, 1.82) is 0 Å². The minimum Gasteiger partial charge on any atom is -0.0954 e. The molecule has 0 N–H and O–H groups in total. The molecular weight excluding hydrogens is 247 g/mol. The van der Waals surface area contributed by atoms with Gasteiger partial charge in [0.05, 0.1) is 0 Å². The Morgan fingerprint density at radius 2 is 1.73 bits per heavy atom. The fourth-order valence-corrected chi connectivity index (χ4v) is 1.33. The average molecular weight is 254 g/mol. The molecule has 0 nitrogen and oxygen atoms in total. The smallest absolute Gasteiger partial charge is 0.0954 e. The standard InChI is InChI=1S/C8H7BrCl2/c9-6-8(10,11)7-4-2-1-3-5-7/h1-5H,6H2. The van der Waals surface area contributed by atoms with Gasteiger partial charge in [-0.3, -0.25) is 0 Å². The fourth-order valence-electron chi connectivity index (χ4n) is 0.759. The van der Waals surface area contributed by atoms with Crippen LogP contribution in [0.15, 0.2) is 30.3 Å². The normalized spacial score (nSPS) is 11.5. The summed E-state index contributed by atoms with van der Waals surface area (Å²) in [6.45, 7) is 0. The van der Waals surface area contributed by atoms with Crippen LogP contribution in [0.5, 0.6) is 0 Å². The molecular formula is C8H7BrCl2. The molecule has 0 aliphatic heterocycles. The molecule has 0 unspecified atom stereocenters. The Bertz CT molecular complexity index is 221. The monoisotopic (exact) mass is 252 g/mol. The zero-order valence-corrected chi connectivity index (χ0v) is 8.83. The highest BCUT2D eigenvalue weighted by Crippen LogP contribution is 2.35. The third kappa shape index (κ3) is 2.36. The van der Waals surface area contributed by atoms with E-state index in [4.69, 9.17) is 23.2 Å². The zero-order valence-electron chi connectivity index (χ0n) is 5.73. The average Bonchev–Trinajstić information content (AvgIpc) is 2.06. The van der Waals surface area contributed by atoms with Crippen LogP contribution < -0.4 is 0 Å². The number of rotatable bonds is 2. The molecule has 0 atom stereocenters. The van der Waals surface area contributed by atoms with Crippen molar-refractivity contribution in [2.45, 2.75) is 4.33 Å². The van der Waals surface area contributed by atoms with Crippen LogP contribution in [0.2, 0.25) is 0 Å². The van der Waals surface area contributed by atoms with Crippen molar-refractivity contribution in [3.63, 3.8) is 0 Å². The molecule has 1 aromatic rings. The van der Waals surface area contributed by atoms with Crippen LogP contribution >= 0.6 is 39.1 Å². The minimum absolute atomic E-state index is 0.535. The van der Waals surface area contributed by atoms with Gasteiger partial charge in [-0.2, -0.15) is 0 Å². The molecule has 0 fully saturated rings. The van der Waals surface area contributed by atoms with E-state index in [9.17, 15) is 0 Å². The van der Waals surface area contributed by atoms with Crippen molar-refractivity contribution in [3.8, 4) is 0 Å². The second kappa shape index (κ2) is 3.79. The molecule has 0 radical (unpaired) electrons. The van der Waals surface area contributed by atoms with Gasteiger partial charge in [-0.25, -0.2) is 0 Å². The number of hydrogen-bond acceptors (Lipinski definition) is 0. The summed E-state index contributed by atoms with van der Waals surface area (Å²) in [5, 5.41) is 0.535. The van der Waals surface area contributed by atoms with E-state index in [1.165, 1.54) is 0 Å². The van der Waals surface area contributed by atoms with Gasteiger partial charge < -0.3 is 0 Å². The first-order valence-corrected chi connectivity index (χ1v) is 5.04. The quantitative estimate of drug-likeness (QED) is 0.705. The van der Waals surface area contributed by atoms with Crippen LogP contribution in [-0.4, -0.2) is 5.33 Å². The summed E-state index contributed by atoms with van der Waals surface area (Å²) in [5.74, 6) is 0. The molecule has 0 saturated carbocycles. The summed E-state index contributed by atoms with van der Waals surface area (Å²) in [7, 11) is 0. The van der Waals surface area contributed by atoms with Crippen LogP contribution in [0.1, 0.15) is 5.56 Å². The first kappa shape index (κ1) is 9.37. The molecule has 0 saturated heterocycles. The fraction of sp³-hybridized carbons (Fsp3) is 0.250. The molecule has 60 valence electrons. The molecule has 1 rings (SSSR count). The second-order valence-electron chi connectivity index (χ2n) is 2.20. The molecule has 0 spiro atoms. The Kier molecular flexibility index (Phi) is 3.23. The van der Waals surface area contributed by atoms with Crippen LogP contribution in [0.4, 0.5) is 0 Å². The Labute approximate surface area is 84.6 Å². The number of alkyl halides is 3. The Morgan fingerprint density at radius 1 is 1.18 bits per heavy atom. The van der Waals surface area contributed by atoms with E-state index in [0.29, 0.717) is 5.33 Å². The minimum atomic E-state index is -0.804. The van der Waals surface area contributed by atoms with Crippen LogP contribution in [0, 0.1) is 0 Å². The van der Waals surface area contributed by atoms with Gasteiger partial charge in [-0.1, -0.05) is 69.5 Å². The van der Waals surface area contributed by atoms with Crippen LogP contribution in [-0.2, 0) is 4.33 Å². The predicted molar refractivity (Wildman–Crippen MR) is 53.6 cm³/mol. The van der Waals surface area contributed by atoms with Crippen molar-refractivity contribution in [2.75, 3.05) is 5.33 Å².